The molecule has 0 radical (unpaired) electrons. The Hall–Kier alpha value is -0.580. The molecular formula is C17H31ClN4. The first kappa shape index (κ1) is 17.8. The van der Waals surface area contributed by atoms with Crippen molar-refractivity contribution in [3.8, 4) is 0 Å². The van der Waals surface area contributed by atoms with Gasteiger partial charge in [0.2, 0.25) is 0 Å². The molecule has 1 aromatic heterocycles. The zero-order valence-corrected chi connectivity index (χ0v) is 15.4. The molecule has 0 amide bonds. The lowest BCUT2D eigenvalue weighted by atomic mass is 9.89. The summed E-state index contributed by atoms with van der Waals surface area (Å²) in [5.41, 5.74) is 2.75. The lowest BCUT2D eigenvalue weighted by molar-refractivity contribution is 0.165. The van der Waals surface area contributed by atoms with Crippen LogP contribution in [0.2, 0.25) is 0 Å². The highest BCUT2D eigenvalue weighted by Gasteiger charge is 2.35. The molecule has 126 valence electrons. The van der Waals surface area contributed by atoms with Crippen molar-refractivity contribution in [2.24, 2.45) is 7.05 Å². The van der Waals surface area contributed by atoms with Gasteiger partial charge in [0.25, 0.3) is 0 Å². The van der Waals surface area contributed by atoms with Gasteiger partial charge < -0.3 is 5.32 Å². The number of nitrogens with zero attached hydrogens (tertiary/aromatic N) is 3. The standard InChI is InChI=1S/C17H30N4.ClH/c1-17(2,3)16-12(11-21(5)19-16)10-20(4)15-8-13-6-7-14(9-15)18-13;/h11,13-15,18H,6-10H2,1-5H3;1H. The Morgan fingerprint density at radius 2 is 1.86 bits per heavy atom. The van der Waals surface area contributed by atoms with Crippen molar-refractivity contribution in [3.05, 3.63) is 17.5 Å². The molecule has 1 N–H and O–H groups in total. The van der Waals surface area contributed by atoms with Crippen molar-refractivity contribution < 1.29 is 0 Å². The van der Waals surface area contributed by atoms with Crippen molar-refractivity contribution in [2.75, 3.05) is 7.05 Å². The number of halogens is 1. The van der Waals surface area contributed by atoms with Crippen molar-refractivity contribution in [2.45, 2.75) is 76.5 Å². The van der Waals surface area contributed by atoms with E-state index in [1.54, 1.807) is 0 Å². The third kappa shape index (κ3) is 3.66. The van der Waals surface area contributed by atoms with Crippen LogP contribution in [0.25, 0.3) is 0 Å². The molecule has 2 unspecified atom stereocenters. The van der Waals surface area contributed by atoms with Crippen LogP contribution >= 0.6 is 12.4 Å². The maximum Gasteiger partial charge on any atom is 0.0722 e. The molecule has 5 heteroatoms. The highest BCUT2D eigenvalue weighted by molar-refractivity contribution is 5.85. The van der Waals surface area contributed by atoms with Crippen LogP contribution in [0, 0.1) is 0 Å². The number of aryl methyl sites for hydroxylation is 1. The third-order valence-corrected chi connectivity index (χ3v) is 5.11. The van der Waals surface area contributed by atoms with E-state index in [0.717, 1.165) is 24.7 Å². The minimum absolute atomic E-state index is 0. The number of aromatic nitrogens is 2. The average Bonchev–Trinajstić information content (AvgIpc) is 2.91. The molecule has 2 fully saturated rings. The molecule has 2 saturated heterocycles. The van der Waals surface area contributed by atoms with Crippen LogP contribution in [-0.4, -0.2) is 39.9 Å². The first-order valence-corrected chi connectivity index (χ1v) is 8.32. The molecule has 0 spiro atoms. The Morgan fingerprint density at radius 3 is 2.41 bits per heavy atom. The van der Waals surface area contributed by atoms with E-state index in [1.807, 2.05) is 11.7 Å². The molecule has 0 aliphatic carbocycles. The van der Waals surface area contributed by atoms with Gasteiger partial charge in [-0.1, -0.05) is 20.8 Å². The van der Waals surface area contributed by atoms with E-state index in [4.69, 9.17) is 5.10 Å². The molecule has 0 aromatic carbocycles. The van der Waals surface area contributed by atoms with Gasteiger partial charge in [-0.05, 0) is 32.7 Å². The maximum absolute atomic E-state index is 4.70. The normalized spacial score (nSPS) is 28.0. The summed E-state index contributed by atoms with van der Waals surface area (Å²) >= 11 is 0. The molecule has 2 aliphatic rings. The van der Waals surface area contributed by atoms with Crippen molar-refractivity contribution in [3.63, 3.8) is 0 Å². The fourth-order valence-electron chi connectivity index (χ4n) is 4.07. The Balaban J connectivity index is 0.00000176. The third-order valence-electron chi connectivity index (χ3n) is 5.11. The smallest absolute Gasteiger partial charge is 0.0722 e. The summed E-state index contributed by atoms with van der Waals surface area (Å²) in [5.74, 6) is 0. The summed E-state index contributed by atoms with van der Waals surface area (Å²) in [6.45, 7) is 7.78. The summed E-state index contributed by atoms with van der Waals surface area (Å²) in [5, 5.41) is 8.44. The Labute approximate surface area is 141 Å². The van der Waals surface area contributed by atoms with Gasteiger partial charge in [0.1, 0.15) is 0 Å². The lowest BCUT2D eigenvalue weighted by Gasteiger charge is -2.35. The molecule has 4 nitrogen and oxygen atoms in total. The van der Waals surface area contributed by atoms with E-state index in [0.29, 0.717) is 0 Å². The molecule has 3 heterocycles. The predicted octanol–water partition coefficient (Wildman–Crippen LogP) is 2.85. The predicted molar refractivity (Wildman–Crippen MR) is 93.6 cm³/mol. The SMILES string of the molecule is CN(Cc1cn(C)nc1C(C)(C)C)C1CC2CCC(C1)N2.Cl. The van der Waals surface area contributed by atoms with E-state index in [-0.39, 0.29) is 17.8 Å². The largest absolute Gasteiger partial charge is 0.311 e. The number of fused-ring (bicyclic) bond motifs is 2. The second-order valence-electron chi connectivity index (χ2n) is 8.10. The number of piperidine rings is 1. The molecular weight excluding hydrogens is 296 g/mol. The first-order valence-electron chi connectivity index (χ1n) is 8.32. The van der Waals surface area contributed by atoms with Gasteiger partial charge in [-0.15, -0.1) is 12.4 Å². The van der Waals surface area contributed by atoms with Crippen molar-refractivity contribution in [1.82, 2.24) is 20.0 Å². The number of rotatable bonds is 3. The molecule has 3 rings (SSSR count). The van der Waals surface area contributed by atoms with E-state index in [1.165, 1.54) is 36.9 Å². The van der Waals surface area contributed by atoms with E-state index >= 15 is 0 Å². The Bertz CT molecular complexity index is 493. The van der Waals surface area contributed by atoms with Gasteiger partial charge in [-0.25, -0.2) is 0 Å². The highest BCUT2D eigenvalue weighted by Crippen LogP contribution is 2.31. The minimum Gasteiger partial charge on any atom is -0.311 e. The van der Waals surface area contributed by atoms with Crippen molar-refractivity contribution >= 4 is 12.4 Å². The molecule has 2 bridgehead atoms. The fourth-order valence-corrected chi connectivity index (χ4v) is 4.07. The number of hydrogen-bond acceptors (Lipinski definition) is 3. The zero-order chi connectivity index (χ0) is 15.2. The molecule has 2 aliphatic heterocycles. The van der Waals surface area contributed by atoms with Crippen LogP contribution in [0.3, 0.4) is 0 Å². The summed E-state index contributed by atoms with van der Waals surface area (Å²) in [4.78, 5) is 2.55. The fraction of sp³-hybridized carbons (Fsp3) is 0.824. The van der Waals surface area contributed by atoms with E-state index in [9.17, 15) is 0 Å². The summed E-state index contributed by atoms with van der Waals surface area (Å²) in [7, 11) is 4.32. The van der Waals surface area contributed by atoms with Gasteiger partial charge in [-0.2, -0.15) is 5.10 Å². The van der Waals surface area contributed by atoms with E-state index < -0.39 is 0 Å². The summed E-state index contributed by atoms with van der Waals surface area (Å²) < 4.78 is 1.97. The van der Waals surface area contributed by atoms with Crippen molar-refractivity contribution in [1.29, 1.82) is 0 Å². The second-order valence-corrected chi connectivity index (χ2v) is 8.10. The Kier molecular flexibility index (Phi) is 5.25. The lowest BCUT2D eigenvalue weighted by Crippen LogP contribution is -2.46. The maximum atomic E-state index is 4.70. The summed E-state index contributed by atoms with van der Waals surface area (Å²) in [6, 6.07) is 2.23. The summed E-state index contributed by atoms with van der Waals surface area (Å²) in [6.07, 6.45) is 7.55. The van der Waals surface area contributed by atoms with Crippen LogP contribution < -0.4 is 5.32 Å². The Morgan fingerprint density at radius 1 is 1.27 bits per heavy atom. The van der Waals surface area contributed by atoms with Crippen LogP contribution in [-0.2, 0) is 19.0 Å². The topological polar surface area (TPSA) is 33.1 Å². The quantitative estimate of drug-likeness (QED) is 0.927. The minimum atomic E-state index is 0. The van der Waals surface area contributed by atoms with E-state index in [2.05, 4.69) is 44.2 Å². The van der Waals surface area contributed by atoms with Gasteiger partial charge >= 0.3 is 0 Å². The van der Waals surface area contributed by atoms with Gasteiger partial charge in [-0.3, -0.25) is 9.58 Å². The van der Waals surface area contributed by atoms with Gasteiger partial charge in [0.15, 0.2) is 0 Å². The zero-order valence-electron chi connectivity index (χ0n) is 14.6. The first-order chi connectivity index (χ1) is 9.83. The molecule has 22 heavy (non-hydrogen) atoms. The molecule has 1 aromatic rings. The second kappa shape index (κ2) is 6.50. The average molecular weight is 327 g/mol. The van der Waals surface area contributed by atoms with Gasteiger partial charge in [0.05, 0.1) is 5.69 Å². The number of hydrogen-bond donors (Lipinski definition) is 1. The molecule has 2 atom stereocenters. The molecule has 0 saturated carbocycles. The highest BCUT2D eigenvalue weighted by atomic mass is 35.5. The van der Waals surface area contributed by atoms with Crippen LogP contribution in [0.15, 0.2) is 6.20 Å². The van der Waals surface area contributed by atoms with Crippen LogP contribution in [0.1, 0.15) is 57.7 Å². The number of nitrogens with one attached hydrogen (secondary N) is 1. The van der Waals surface area contributed by atoms with Gasteiger partial charge in [0, 0.05) is 48.9 Å². The monoisotopic (exact) mass is 326 g/mol. The van der Waals surface area contributed by atoms with Crippen LogP contribution in [0.4, 0.5) is 0 Å². The van der Waals surface area contributed by atoms with Crippen LogP contribution in [0.5, 0.6) is 0 Å².